The van der Waals surface area contributed by atoms with E-state index in [0.717, 1.165) is 13.0 Å². The van der Waals surface area contributed by atoms with Gasteiger partial charge in [0.15, 0.2) is 0 Å². The van der Waals surface area contributed by atoms with E-state index < -0.39 is 0 Å². The topological polar surface area (TPSA) is 23.5 Å². The van der Waals surface area contributed by atoms with Crippen molar-refractivity contribution in [3.8, 4) is 5.75 Å². The fourth-order valence-corrected chi connectivity index (χ4v) is 2.03. The number of rotatable bonds is 4. The highest BCUT2D eigenvalue weighted by Gasteiger charge is 2.17. The van der Waals surface area contributed by atoms with E-state index in [1.165, 1.54) is 5.56 Å². The Hall–Kier alpha value is -1.02. The summed E-state index contributed by atoms with van der Waals surface area (Å²) < 4.78 is 0. The summed E-state index contributed by atoms with van der Waals surface area (Å²) in [4.78, 5) is 2.40. The van der Waals surface area contributed by atoms with Gasteiger partial charge in [0.05, 0.1) is 0 Å². The molecule has 0 aliphatic heterocycles. The lowest BCUT2D eigenvalue weighted by Gasteiger charge is -2.31. The van der Waals surface area contributed by atoms with Crippen molar-refractivity contribution in [2.45, 2.75) is 40.2 Å². The number of phenols is 1. The molecule has 17 heavy (non-hydrogen) atoms. The fourth-order valence-electron chi connectivity index (χ4n) is 2.03. The van der Waals surface area contributed by atoms with Gasteiger partial charge in [0.25, 0.3) is 0 Å². The molecule has 0 aliphatic rings. The lowest BCUT2D eigenvalue weighted by molar-refractivity contribution is 0.180. The zero-order valence-corrected chi connectivity index (χ0v) is 11.7. The van der Waals surface area contributed by atoms with Crippen molar-refractivity contribution >= 4 is 0 Å². The third kappa shape index (κ3) is 5.22. The molecule has 0 aromatic heterocycles. The van der Waals surface area contributed by atoms with Crippen LogP contribution in [-0.4, -0.2) is 29.6 Å². The van der Waals surface area contributed by atoms with E-state index >= 15 is 0 Å². The van der Waals surface area contributed by atoms with Gasteiger partial charge in [-0.15, -0.1) is 0 Å². The van der Waals surface area contributed by atoms with E-state index in [-0.39, 0.29) is 0 Å². The first kappa shape index (κ1) is 14.0. The van der Waals surface area contributed by atoms with Crippen molar-refractivity contribution in [1.29, 1.82) is 0 Å². The highest BCUT2D eigenvalue weighted by molar-refractivity contribution is 5.26. The van der Waals surface area contributed by atoms with Gasteiger partial charge in [-0.25, -0.2) is 0 Å². The standard InChI is InChI=1S/C15H25NO/c1-12(16(5)11-15(2,3)4)10-13-6-8-14(17)9-7-13/h6-9,12,17H,10-11H2,1-5H3. The Kier molecular flexibility index (Phi) is 4.58. The molecular weight excluding hydrogens is 210 g/mol. The molecule has 1 unspecified atom stereocenters. The zero-order valence-electron chi connectivity index (χ0n) is 11.7. The minimum absolute atomic E-state index is 0.331. The van der Waals surface area contributed by atoms with E-state index in [9.17, 15) is 5.11 Å². The number of nitrogens with zero attached hydrogens (tertiary/aromatic N) is 1. The second-order valence-corrected chi connectivity index (χ2v) is 6.20. The lowest BCUT2D eigenvalue weighted by atomic mass is 9.95. The van der Waals surface area contributed by atoms with Crippen LogP contribution in [0.5, 0.6) is 5.75 Å². The van der Waals surface area contributed by atoms with Gasteiger partial charge in [-0.3, -0.25) is 0 Å². The molecule has 0 saturated carbocycles. The summed E-state index contributed by atoms with van der Waals surface area (Å²) in [6.07, 6.45) is 1.02. The second-order valence-electron chi connectivity index (χ2n) is 6.20. The summed E-state index contributed by atoms with van der Waals surface area (Å²) >= 11 is 0. The Morgan fingerprint density at radius 1 is 1.18 bits per heavy atom. The average Bonchev–Trinajstić information content (AvgIpc) is 2.19. The first-order valence-corrected chi connectivity index (χ1v) is 6.26. The Morgan fingerprint density at radius 3 is 2.18 bits per heavy atom. The van der Waals surface area contributed by atoms with Gasteiger partial charge in [-0.05, 0) is 43.5 Å². The summed E-state index contributed by atoms with van der Waals surface area (Å²) in [6, 6.07) is 8.02. The molecule has 96 valence electrons. The molecule has 0 aliphatic carbocycles. The maximum atomic E-state index is 9.24. The third-order valence-electron chi connectivity index (χ3n) is 2.94. The van der Waals surface area contributed by atoms with Crippen LogP contribution in [-0.2, 0) is 6.42 Å². The fraction of sp³-hybridized carbons (Fsp3) is 0.600. The smallest absolute Gasteiger partial charge is 0.115 e. The molecule has 1 atom stereocenters. The lowest BCUT2D eigenvalue weighted by Crippen LogP contribution is -2.37. The van der Waals surface area contributed by atoms with E-state index in [4.69, 9.17) is 0 Å². The highest BCUT2D eigenvalue weighted by atomic mass is 16.3. The van der Waals surface area contributed by atoms with E-state index in [1.54, 1.807) is 12.1 Å². The molecule has 0 bridgehead atoms. The van der Waals surface area contributed by atoms with Crippen LogP contribution in [0, 0.1) is 5.41 Å². The van der Waals surface area contributed by atoms with Crippen molar-refractivity contribution < 1.29 is 5.11 Å². The molecule has 2 heteroatoms. The van der Waals surface area contributed by atoms with Crippen LogP contribution in [0.2, 0.25) is 0 Å². The Labute approximate surface area is 105 Å². The first-order valence-electron chi connectivity index (χ1n) is 6.26. The number of aromatic hydroxyl groups is 1. The van der Waals surface area contributed by atoms with Gasteiger partial charge >= 0.3 is 0 Å². The predicted molar refractivity (Wildman–Crippen MR) is 73.4 cm³/mol. The largest absolute Gasteiger partial charge is 0.508 e. The van der Waals surface area contributed by atoms with Gasteiger partial charge < -0.3 is 10.0 Å². The van der Waals surface area contributed by atoms with Crippen LogP contribution >= 0.6 is 0 Å². The van der Waals surface area contributed by atoms with Gasteiger partial charge in [-0.1, -0.05) is 32.9 Å². The molecule has 0 spiro atoms. The summed E-state index contributed by atoms with van der Waals surface area (Å²) in [7, 11) is 2.18. The maximum absolute atomic E-state index is 9.24. The van der Waals surface area contributed by atoms with Crippen LogP contribution in [0.25, 0.3) is 0 Å². The van der Waals surface area contributed by atoms with Crippen LogP contribution in [0.4, 0.5) is 0 Å². The molecule has 1 aromatic rings. The van der Waals surface area contributed by atoms with Gasteiger partial charge in [-0.2, -0.15) is 0 Å². The van der Waals surface area contributed by atoms with Crippen molar-refractivity contribution in [1.82, 2.24) is 4.90 Å². The second kappa shape index (κ2) is 5.54. The van der Waals surface area contributed by atoms with E-state index in [2.05, 4.69) is 39.6 Å². The summed E-state index contributed by atoms with van der Waals surface area (Å²) in [5.74, 6) is 0.337. The van der Waals surface area contributed by atoms with Crippen molar-refractivity contribution in [3.05, 3.63) is 29.8 Å². The number of hydrogen-bond acceptors (Lipinski definition) is 2. The highest BCUT2D eigenvalue weighted by Crippen LogP contribution is 2.18. The van der Waals surface area contributed by atoms with Crippen LogP contribution in [0.1, 0.15) is 33.3 Å². The Bertz CT molecular complexity index is 337. The molecule has 1 aromatic carbocycles. The van der Waals surface area contributed by atoms with Crippen molar-refractivity contribution in [2.24, 2.45) is 5.41 Å². The molecule has 0 saturated heterocycles. The number of benzene rings is 1. The quantitative estimate of drug-likeness (QED) is 0.865. The Balaban J connectivity index is 2.54. The SMILES string of the molecule is CC(Cc1ccc(O)cc1)N(C)CC(C)(C)C. The summed E-state index contributed by atoms with van der Waals surface area (Å²) in [6.45, 7) is 10.1. The zero-order chi connectivity index (χ0) is 13.1. The van der Waals surface area contributed by atoms with Gasteiger partial charge in [0, 0.05) is 12.6 Å². The Morgan fingerprint density at radius 2 is 1.71 bits per heavy atom. The van der Waals surface area contributed by atoms with E-state index in [0.29, 0.717) is 17.2 Å². The van der Waals surface area contributed by atoms with Crippen molar-refractivity contribution in [2.75, 3.05) is 13.6 Å². The average molecular weight is 235 g/mol. The molecule has 0 radical (unpaired) electrons. The number of likely N-dealkylation sites (N-methyl/N-ethyl adjacent to an activating group) is 1. The molecule has 2 nitrogen and oxygen atoms in total. The number of hydrogen-bond donors (Lipinski definition) is 1. The molecule has 0 amide bonds. The van der Waals surface area contributed by atoms with Crippen LogP contribution in [0.3, 0.4) is 0 Å². The first-order chi connectivity index (χ1) is 7.78. The molecule has 1 N–H and O–H groups in total. The van der Waals surface area contributed by atoms with Crippen LogP contribution < -0.4 is 0 Å². The molecule has 0 fully saturated rings. The van der Waals surface area contributed by atoms with Gasteiger partial charge in [0.1, 0.15) is 5.75 Å². The normalized spacial score (nSPS) is 14.0. The van der Waals surface area contributed by atoms with Crippen molar-refractivity contribution in [3.63, 3.8) is 0 Å². The number of phenolic OH excluding ortho intramolecular Hbond substituents is 1. The maximum Gasteiger partial charge on any atom is 0.115 e. The van der Waals surface area contributed by atoms with E-state index in [1.807, 2.05) is 12.1 Å². The monoisotopic (exact) mass is 235 g/mol. The molecular formula is C15H25NO. The van der Waals surface area contributed by atoms with Crippen LogP contribution in [0.15, 0.2) is 24.3 Å². The minimum atomic E-state index is 0.331. The molecule has 0 heterocycles. The van der Waals surface area contributed by atoms with Gasteiger partial charge in [0.2, 0.25) is 0 Å². The minimum Gasteiger partial charge on any atom is -0.508 e. The predicted octanol–water partition coefficient (Wildman–Crippen LogP) is 3.30. The third-order valence-corrected chi connectivity index (χ3v) is 2.94. The molecule has 1 rings (SSSR count). The summed E-state index contributed by atoms with van der Waals surface area (Å²) in [5.41, 5.74) is 1.61. The summed E-state index contributed by atoms with van der Waals surface area (Å²) in [5, 5.41) is 9.24.